The van der Waals surface area contributed by atoms with E-state index in [2.05, 4.69) is 5.32 Å². The molecule has 0 aliphatic heterocycles. The van der Waals surface area contributed by atoms with Crippen molar-refractivity contribution in [2.45, 2.75) is 38.2 Å². The minimum atomic E-state index is -2.81. The number of alkyl halides is 2. The van der Waals surface area contributed by atoms with Crippen LogP contribution >= 0.6 is 11.6 Å². The average Bonchev–Trinajstić information content (AvgIpc) is 2.37. The van der Waals surface area contributed by atoms with E-state index in [0.717, 1.165) is 0 Å². The Balaban J connectivity index is 2.89. The van der Waals surface area contributed by atoms with Gasteiger partial charge in [0.25, 0.3) is 0 Å². The largest absolute Gasteiger partial charge is 0.480 e. The van der Waals surface area contributed by atoms with Crippen molar-refractivity contribution in [2.75, 3.05) is 0 Å². The molecule has 21 heavy (non-hydrogen) atoms. The summed E-state index contributed by atoms with van der Waals surface area (Å²) >= 11 is 5.76. The van der Waals surface area contributed by atoms with Crippen molar-refractivity contribution in [3.05, 3.63) is 34.9 Å². The quantitative estimate of drug-likeness (QED) is 0.847. The van der Waals surface area contributed by atoms with E-state index < -0.39 is 36.2 Å². The van der Waals surface area contributed by atoms with Crippen molar-refractivity contribution in [1.82, 2.24) is 5.32 Å². The highest BCUT2D eigenvalue weighted by Gasteiger charge is 2.33. The fourth-order valence-corrected chi connectivity index (χ4v) is 1.86. The lowest BCUT2D eigenvalue weighted by Gasteiger charge is -2.26. The smallest absolute Gasteiger partial charge is 0.326 e. The summed E-state index contributed by atoms with van der Waals surface area (Å²) < 4.78 is 24.7. The number of hydrogen-bond donors (Lipinski definition) is 2. The monoisotopic (exact) mass is 319 g/mol. The summed E-state index contributed by atoms with van der Waals surface area (Å²) in [7, 11) is 0. The Morgan fingerprint density at radius 3 is 2.24 bits per heavy atom. The van der Waals surface area contributed by atoms with Gasteiger partial charge in [-0.05, 0) is 31.5 Å². The Bertz CT molecular complexity index is 517. The van der Waals surface area contributed by atoms with Crippen molar-refractivity contribution in [2.24, 2.45) is 0 Å². The first-order valence-electron chi connectivity index (χ1n) is 6.22. The fraction of sp³-hybridized carbons (Fsp3) is 0.429. The Labute approximate surface area is 126 Å². The molecule has 0 bridgehead atoms. The highest BCUT2D eigenvalue weighted by atomic mass is 35.5. The molecule has 0 radical (unpaired) electrons. The molecule has 0 saturated carbocycles. The van der Waals surface area contributed by atoms with Gasteiger partial charge in [0, 0.05) is 11.4 Å². The molecule has 0 saturated heterocycles. The molecule has 0 fully saturated rings. The van der Waals surface area contributed by atoms with Gasteiger partial charge in [-0.25, -0.2) is 13.6 Å². The minimum Gasteiger partial charge on any atom is -0.480 e. The minimum absolute atomic E-state index is 0.496. The third kappa shape index (κ3) is 4.67. The van der Waals surface area contributed by atoms with Crippen LogP contribution in [-0.2, 0) is 15.0 Å². The van der Waals surface area contributed by atoms with Crippen molar-refractivity contribution in [3.63, 3.8) is 0 Å². The predicted molar refractivity (Wildman–Crippen MR) is 74.7 cm³/mol. The summed E-state index contributed by atoms with van der Waals surface area (Å²) in [6.07, 6.45) is -3.75. The second-order valence-corrected chi connectivity index (χ2v) is 5.56. The Morgan fingerprint density at radius 2 is 1.81 bits per heavy atom. The van der Waals surface area contributed by atoms with Crippen LogP contribution in [0.3, 0.4) is 0 Å². The van der Waals surface area contributed by atoms with Crippen LogP contribution in [0.2, 0.25) is 5.02 Å². The van der Waals surface area contributed by atoms with Gasteiger partial charge >= 0.3 is 5.97 Å². The Hall–Kier alpha value is -1.69. The van der Waals surface area contributed by atoms with Gasteiger partial charge < -0.3 is 10.4 Å². The number of nitrogens with one attached hydrogen (secondary N) is 1. The molecule has 0 heterocycles. The summed E-state index contributed by atoms with van der Waals surface area (Å²) in [4.78, 5) is 23.1. The van der Waals surface area contributed by atoms with E-state index in [1.807, 2.05) is 0 Å². The molecule has 1 atom stereocenters. The van der Waals surface area contributed by atoms with Gasteiger partial charge in [0.05, 0.1) is 5.41 Å². The lowest BCUT2D eigenvalue weighted by molar-refractivity contribution is -0.143. The van der Waals surface area contributed by atoms with Gasteiger partial charge in [0.1, 0.15) is 6.04 Å². The van der Waals surface area contributed by atoms with Gasteiger partial charge in [0.2, 0.25) is 12.3 Å². The first kappa shape index (κ1) is 17.4. The highest BCUT2D eigenvalue weighted by molar-refractivity contribution is 6.30. The molecule has 0 spiro atoms. The molecule has 1 aromatic carbocycles. The van der Waals surface area contributed by atoms with Crippen LogP contribution < -0.4 is 5.32 Å². The van der Waals surface area contributed by atoms with Crippen molar-refractivity contribution in [1.29, 1.82) is 0 Å². The van der Waals surface area contributed by atoms with Crippen LogP contribution in [0.1, 0.15) is 25.8 Å². The average molecular weight is 320 g/mol. The number of carbonyl (C=O) groups excluding carboxylic acids is 1. The number of benzene rings is 1. The molecular weight excluding hydrogens is 304 g/mol. The number of aliphatic carboxylic acids is 1. The van der Waals surface area contributed by atoms with Crippen LogP contribution in [0, 0.1) is 0 Å². The summed E-state index contributed by atoms with van der Waals surface area (Å²) in [5, 5.41) is 11.5. The van der Waals surface area contributed by atoms with Crippen LogP contribution in [-0.4, -0.2) is 29.5 Å². The number of carboxylic acid groups (broad SMARTS) is 1. The molecule has 1 amide bonds. The summed E-state index contributed by atoms with van der Waals surface area (Å²) in [6.45, 7) is 3.15. The van der Waals surface area contributed by atoms with E-state index in [-0.39, 0.29) is 0 Å². The van der Waals surface area contributed by atoms with E-state index in [1.165, 1.54) is 0 Å². The standard InChI is InChI=1S/C14H16ClF2NO3/c1-14(2,8-3-5-9(15)6-4-8)13(21)18-10(12(19)20)7-11(16)17/h3-6,10-11H,7H2,1-2H3,(H,18,21)(H,19,20). The SMILES string of the molecule is CC(C)(C(=O)NC(CC(F)F)C(=O)O)c1ccc(Cl)cc1. The molecule has 1 rings (SSSR count). The van der Waals surface area contributed by atoms with Gasteiger partial charge in [-0.1, -0.05) is 23.7 Å². The molecule has 0 aliphatic rings. The predicted octanol–water partition coefficient (Wildman–Crippen LogP) is 2.84. The zero-order chi connectivity index (χ0) is 16.2. The number of hydrogen-bond acceptors (Lipinski definition) is 2. The molecule has 1 unspecified atom stereocenters. The molecular formula is C14H16ClF2NO3. The number of carbonyl (C=O) groups is 2. The van der Waals surface area contributed by atoms with Crippen molar-refractivity contribution < 1.29 is 23.5 Å². The molecule has 0 aliphatic carbocycles. The Kier molecular flexibility index (Phi) is 5.66. The summed E-state index contributed by atoms with van der Waals surface area (Å²) in [5.41, 5.74) is -0.467. The van der Waals surface area contributed by atoms with Crippen LogP contribution in [0.4, 0.5) is 8.78 Å². The fourth-order valence-electron chi connectivity index (χ4n) is 1.74. The van der Waals surface area contributed by atoms with Crippen LogP contribution in [0.5, 0.6) is 0 Å². The van der Waals surface area contributed by atoms with Crippen LogP contribution in [0.15, 0.2) is 24.3 Å². The van der Waals surface area contributed by atoms with E-state index in [1.54, 1.807) is 38.1 Å². The van der Waals surface area contributed by atoms with Crippen molar-refractivity contribution in [3.8, 4) is 0 Å². The zero-order valence-corrected chi connectivity index (χ0v) is 12.3. The third-order valence-corrected chi connectivity index (χ3v) is 3.40. The number of carboxylic acids is 1. The maximum Gasteiger partial charge on any atom is 0.326 e. The zero-order valence-electron chi connectivity index (χ0n) is 11.6. The van der Waals surface area contributed by atoms with Gasteiger partial charge in [0.15, 0.2) is 0 Å². The topological polar surface area (TPSA) is 66.4 Å². The third-order valence-electron chi connectivity index (χ3n) is 3.15. The van der Waals surface area contributed by atoms with Gasteiger partial charge in [-0.2, -0.15) is 0 Å². The maximum atomic E-state index is 12.3. The lowest BCUT2D eigenvalue weighted by atomic mass is 9.83. The first-order valence-corrected chi connectivity index (χ1v) is 6.60. The number of rotatable bonds is 6. The lowest BCUT2D eigenvalue weighted by Crippen LogP contribution is -2.49. The molecule has 7 heteroatoms. The first-order chi connectivity index (χ1) is 9.64. The number of amides is 1. The molecule has 116 valence electrons. The maximum absolute atomic E-state index is 12.3. The van der Waals surface area contributed by atoms with Crippen molar-refractivity contribution >= 4 is 23.5 Å². The Morgan fingerprint density at radius 1 is 1.29 bits per heavy atom. The summed E-state index contributed by atoms with van der Waals surface area (Å²) in [5.74, 6) is -2.13. The second kappa shape index (κ2) is 6.85. The van der Waals surface area contributed by atoms with E-state index in [4.69, 9.17) is 16.7 Å². The van der Waals surface area contributed by atoms with Gasteiger partial charge in [-0.3, -0.25) is 4.79 Å². The normalized spacial score (nSPS) is 13.0. The van der Waals surface area contributed by atoms with E-state index >= 15 is 0 Å². The number of halogens is 3. The molecule has 4 nitrogen and oxygen atoms in total. The van der Waals surface area contributed by atoms with E-state index in [9.17, 15) is 18.4 Å². The van der Waals surface area contributed by atoms with Gasteiger partial charge in [-0.15, -0.1) is 0 Å². The molecule has 0 aromatic heterocycles. The molecule has 2 N–H and O–H groups in total. The van der Waals surface area contributed by atoms with E-state index in [0.29, 0.717) is 10.6 Å². The second-order valence-electron chi connectivity index (χ2n) is 5.12. The molecule has 1 aromatic rings. The summed E-state index contributed by atoms with van der Waals surface area (Å²) in [6, 6.07) is 4.83. The highest BCUT2D eigenvalue weighted by Crippen LogP contribution is 2.25. The van der Waals surface area contributed by atoms with Crippen LogP contribution in [0.25, 0.3) is 0 Å².